The third-order valence-corrected chi connectivity index (χ3v) is 3.65. The summed E-state index contributed by atoms with van der Waals surface area (Å²) in [7, 11) is 1.27. The van der Waals surface area contributed by atoms with Gasteiger partial charge in [0.2, 0.25) is 0 Å². The summed E-state index contributed by atoms with van der Waals surface area (Å²) in [5, 5.41) is 0. The number of anilines is 1. The molecule has 0 radical (unpaired) electrons. The van der Waals surface area contributed by atoms with E-state index >= 15 is 0 Å². The zero-order valence-electron chi connectivity index (χ0n) is 12.1. The van der Waals surface area contributed by atoms with E-state index in [0.29, 0.717) is 11.3 Å². The number of fused-ring (bicyclic) bond motifs is 1. The normalized spacial score (nSPS) is 14.8. The molecular formula is C15H18N2O4. The fraction of sp³-hybridized carbons (Fsp3) is 0.400. The maximum atomic E-state index is 12.4. The first-order valence-electron chi connectivity index (χ1n) is 6.71. The van der Waals surface area contributed by atoms with Gasteiger partial charge in [-0.3, -0.25) is 4.79 Å². The zero-order chi connectivity index (χ0) is 15.6. The van der Waals surface area contributed by atoms with Gasteiger partial charge in [0, 0.05) is 29.8 Å². The predicted molar refractivity (Wildman–Crippen MR) is 76.4 cm³/mol. The van der Waals surface area contributed by atoms with Crippen LogP contribution in [0.4, 0.5) is 5.69 Å². The second-order valence-corrected chi connectivity index (χ2v) is 5.09. The minimum absolute atomic E-state index is 0.0347. The molecule has 21 heavy (non-hydrogen) atoms. The molecular weight excluding hydrogens is 272 g/mol. The lowest BCUT2D eigenvalue weighted by Gasteiger charge is -2.25. The standard InChI is InChI=1S/C15H18N2O4/c1-9(18)6-7-13(15(20)21-2)17-8-11-10(14(17)19)4-3-5-12(11)16/h3-5,13H,6-8,16H2,1-2H3. The summed E-state index contributed by atoms with van der Waals surface area (Å²) in [5.41, 5.74) is 7.63. The average Bonchev–Trinajstić information content (AvgIpc) is 2.78. The number of ether oxygens (including phenoxy) is 1. The van der Waals surface area contributed by atoms with Crippen molar-refractivity contribution in [3.63, 3.8) is 0 Å². The van der Waals surface area contributed by atoms with Crippen LogP contribution in [0.1, 0.15) is 35.7 Å². The van der Waals surface area contributed by atoms with E-state index in [2.05, 4.69) is 0 Å². The van der Waals surface area contributed by atoms with Crippen LogP contribution in [0.5, 0.6) is 0 Å². The molecule has 6 nitrogen and oxygen atoms in total. The predicted octanol–water partition coefficient (Wildman–Crippen LogP) is 1.14. The lowest BCUT2D eigenvalue weighted by Crippen LogP contribution is -2.42. The molecule has 112 valence electrons. The van der Waals surface area contributed by atoms with Crippen molar-refractivity contribution in [3.05, 3.63) is 29.3 Å². The molecule has 1 heterocycles. The third-order valence-electron chi connectivity index (χ3n) is 3.65. The number of amides is 1. The number of ketones is 1. The lowest BCUT2D eigenvalue weighted by atomic mass is 10.1. The Morgan fingerprint density at radius 3 is 2.71 bits per heavy atom. The van der Waals surface area contributed by atoms with E-state index in [9.17, 15) is 14.4 Å². The topological polar surface area (TPSA) is 89.7 Å². The lowest BCUT2D eigenvalue weighted by molar-refractivity contribution is -0.146. The largest absolute Gasteiger partial charge is 0.467 e. The molecule has 1 aromatic carbocycles. The Morgan fingerprint density at radius 2 is 2.14 bits per heavy atom. The van der Waals surface area contributed by atoms with Crippen molar-refractivity contribution in [3.8, 4) is 0 Å². The maximum Gasteiger partial charge on any atom is 0.328 e. The number of nitrogens with zero attached hydrogens (tertiary/aromatic N) is 1. The number of nitrogens with two attached hydrogens (primary N) is 1. The molecule has 1 aromatic rings. The van der Waals surface area contributed by atoms with Crippen molar-refractivity contribution >= 4 is 23.3 Å². The van der Waals surface area contributed by atoms with E-state index < -0.39 is 12.0 Å². The Hall–Kier alpha value is -2.37. The molecule has 6 heteroatoms. The van der Waals surface area contributed by atoms with Crippen molar-refractivity contribution in [1.82, 2.24) is 4.90 Å². The van der Waals surface area contributed by atoms with Crippen LogP contribution in [0.25, 0.3) is 0 Å². The number of esters is 1. The number of hydrogen-bond acceptors (Lipinski definition) is 5. The first-order chi connectivity index (χ1) is 9.95. The van der Waals surface area contributed by atoms with E-state index in [-0.39, 0.29) is 31.1 Å². The summed E-state index contributed by atoms with van der Waals surface area (Å²) in [6.45, 7) is 1.71. The maximum absolute atomic E-state index is 12.4. The second-order valence-electron chi connectivity index (χ2n) is 5.09. The molecule has 1 unspecified atom stereocenters. The number of nitrogen functional groups attached to an aromatic ring is 1. The Balaban J connectivity index is 2.27. The van der Waals surface area contributed by atoms with Gasteiger partial charge in [-0.25, -0.2) is 4.79 Å². The SMILES string of the molecule is COC(=O)C(CCC(C)=O)N1Cc2c(N)cccc2C1=O. The first-order valence-corrected chi connectivity index (χ1v) is 6.71. The van der Waals surface area contributed by atoms with Gasteiger partial charge in [-0.05, 0) is 25.5 Å². The molecule has 1 atom stereocenters. The van der Waals surface area contributed by atoms with Gasteiger partial charge in [-0.2, -0.15) is 0 Å². The summed E-state index contributed by atoms with van der Waals surface area (Å²) in [6, 6.07) is 4.35. The van der Waals surface area contributed by atoms with Gasteiger partial charge >= 0.3 is 5.97 Å². The van der Waals surface area contributed by atoms with E-state index in [1.807, 2.05) is 0 Å². The fourth-order valence-corrected chi connectivity index (χ4v) is 2.51. The molecule has 0 saturated carbocycles. The van der Waals surface area contributed by atoms with Crippen LogP contribution in [0.15, 0.2) is 18.2 Å². The molecule has 1 aliphatic rings. The highest BCUT2D eigenvalue weighted by Gasteiger charge is 2.37. The number of carbonyl (C=O) groups excluding carboxylic acids is 3. The number of methoxy groups -OCH3 is 1. The van der Waals surface area contributed by atoms with Gasteiger partial charge in [-0.1, -0.05) is 6.07 Å². The Kier molecular flexibility index (Phi) is 4.26. The fourth-order valence-electron chi connectivity index (χ4n) is 2.51. The van der Waals surface area contributed by atoms with Crippen LogP contribution in [-0.2, 0) is 20.9 Å². The van der Waals surface area contributed by atoms with Crippen LogP contribution < -0.4 is 5.73 Å². The zero-order valence-corrected chi connectivity index (χ0v) is 12.1. The van der Waals surface area contributed by atoms with Gasteiger partial charge in [0.05, 0.1) is 7.11 Å². The van der Waals surface area contributed by atoms with Gasteiger partial charge in [0.15, 0.2) is 0 Å². The first kappa shape index (κ1) is 15.0. The van der Waals surface area contributed by atoms with Gasteiger partial charge < -0.3 is 20.2 Å². The van der Waals surface area contributed by atoms with Crippen LogP contribution in [0.3, 0.4) is 0 Å². The van der Waals surface area contributed by atoms with Crippen molar-refractivity contribution in [2.45, 2.75) is 32.4 Å². The Labute approximate surface area is 122 Å². The third kappa shape index (κ3) is 2.89. The number of carbonyl (C=O) groups is 3. The highest BCUT2D eigenvalue weighted by Crippen LogP contribution is 2.30. The van der Waals surface area contributed by atoms with Crippen LogP contribution >= 0.6 is 0 Å². The number of Topliss-reactive ketones (excluding diaryl/α,β-unsaturated/α-hetero) is 1. The van der Waals surface area contributed by atoms with E-state index in [1.54, 1.807) is 18.2 Å². The minimum atomic E-state index is -0.766. The highest BCUT2D eigenvalue weighted by atomic mass is 16.5. The van der Waals surface area contributed by atoms with Crippen molar-refractivity contribution in [2.75, 3.05) is 12.8 Å². The smallest absolute Gasteiger partial charge is 0.328 e. The Bertz CT molecular complexity index is 597. The van der Waals surface area contributed by atoms with E-state index in [4.69, 9.17) is 10.5 Å². The number of rotatable bonds is 5. The van der Waals surface area contributed by atoms with Crippen molar-refractivity contribution in [2.24, 2.45) is 0 Å². The molecule has 2 N–H and O–H groups in total. The van der Waals surface area contributed by atoms with Gasteiger partial charge in [0.1, 0.15) is 11.8 Å². The monoisotopic (exact) mass is 290 g/mol. The summed E-state index contributed by atoms with van der Waals surface area (Å²) < 4.78 is 4.76. The van der Waals surface area contributed by atoms with Crippen LogP contribution in [0, 0.1) is 0 Å². The second kappa shape index (κ2) is 5.95. The van der Waals surface area contributed by atoms with Gasteiger partial charge in [0.25, 0.3) is 5.91 Å². The van der Waals surface area contributed by atoms with Crippen molar-refractivity contribution in [1.29, 1.82) is 0 Å². The summed E-state index contributed by atoms with van der Waals surface area (Å²) >= 11 is 0. The van der Waals surface area contributed by atoms with E-state index in [0.717, 1.165) is 5.56 Å². The molecule has 0 aromatic heterocycles. The number of benzene rings is 1. The molecule has 0 bridgehead atoms. The minimum Gasteiger partial charge on any atom is -0.467 e. The quantitative estimate of drug-likeness (QED) is 0.648. The summed E-state index contributed by atoms with van der Waals surface area (Å²) in [4.78, 5) is 36.9. The van der Waals surface area contributed by atoms with Gasteiger partial charge in [-0.15, -0.1) is 0 Å². The molecule has 0 fully saturated rings. The molecule has 0 saturated heterocycles. The summed E-state index contributed by atoms with van der Waals surface area (Å²) in [6.07, 6.45) is 0.469. The van der Waals surface area contributed by atoms with Crippen LogP contribution in [-0.4, -0.2) is 35.7 Å². The van der Waals surface area contributed by atoms with Crippen LogP contribution in [0.2, 0.25) is 0 Å². The molecule has 2 rings (SSSR count). The highest BCUT2D eigenvalue weighted by molar-refractivity contribution is 6.02. The molecule has 1 aliphatic heterocycles. The number of hydrogen-bond donors (Lipinski definition) is 1. The average molecular weight is 290 g/mol. The Morgan fingerprint density at radius 1 is 1.43 bits per heavy atom. The molecule has 0 aliphatic carbocycles. The molecule has 0 spiro atoms. The summed E-state index contributed by atoms with van der Waals surface area (Å²) in [5.74, 6) is -0.806. The van der Waals surface area contributed by atoms with Crippen molar-refractivity contribution < 1.29 is 19.1 Å². The molecule has 1 amide bonds. The van der Waals surface area contributed by atoms with E-state index in [1.165, 1.54) is 18.9 Å².